The molecule has 1 aromatic carbocycles. The van der Waals surface area contributed by atoms with Crippen molar-refractivity contribution in [2.75, 3.05) is 20.2 Å². The van der Waals surface area contributed by atoms with Crippen LogP contribution < -0.4 is 0 Å². The van der Waals surface area contributed by atoms with Crippen LogP contribution in [0.3, 0.4) is 0 Å². The molecule has 1 saturated carbocycles. The molecule has 1 aromatic rings. The number of nitrogens with zero attached hydrogens (tertiary/aromatic N) is 2. The van der Waals surface area contributed by atoms with Gasteiger partial charge in [0.25, 0.3) is 5.91 Å². The molecule has 1 amide bonds. The summed E-state index contributed by atoms with van der Waals surface area (Å²) < 4.78 is 5.55. The fourth-order valence-electron chi connectivity index (χ4n) is 3.64. The minimum Gasteiger partial charge on any atom is -0.381 e. The van der Waals surface area contributed by atoms with Gasteiger partial charge in [0, 0.05) is 31.2 Å². The van der Waals surface area contributed by atoms with Crippen molar-refractivity contribution >= 4 is 5.91 Å². The third-order valence-corrected chi connectivity index (χ3v) is 5.18. The summed E-state index contributed by atoms with van der Waals surface area (Å²) in [4.78, 5) is 14.4. The molecular formula is C17H20N2O2. The molecule has 4 heteroatoms. The predicted octanol–water partition coefficient (Wildman–Crippen LogP) is 2.59. The summed E-state index contributed by atoms with van der Waals surface area (Å²) in [7, 11) is 1.79. The number of hydrogen-bond donors (Lipinski definition) is 0. The summed E-state index contributed by atoms with van der Waals surface area (Å²) in [6, 6.07) is 8.96. The lowest BCUT2D eigenvalue weighted by molar-refractivity contribution is -0.116. The van der Waals surface area contributed by atoms with Crippen molar-refractivity contribution in [2.45, 2.75) is 31.8 Å². The maximum absolute atomic E-state index is 12.5. The Morgan fingerprint density at radius 3 is 2.43 bits per heavy atom. The van der Waals surface area contributed by atoms with Crippen LogP contribution in [-0.4, -0.2) is 37.1 Å². The molecule has 1 atom stereocenters. The van der Waals surface area contributed by atoms with E-state index in [0.29, 0.717) is 22.6 Å². The van der Waals surface area contributed by atoms with Crippen LogP contribution in [0.5, 0.6) is 0 Å². The standard InChI is InChI=1S/C17H20N2O2/c1-21-15-6-7-17(15)8-10-19(11-9-17)16(20)14-4-2-13(12-18)3-5-14/h2-5,15H,6-11H2,1H3. The zero-order chi connectivity index (χ0) is 14.9. The topological polar surface area (TPSA) is 53.3 Å². The van der Waals surface area contributed by atoms with Gasteiger partial charge in [-0.3, -0.25) is 4.79 Å². The molecule has 4 nitrogen and oxygen atoms in total. The number of piperidine rings is 1. The molecule has 21 heavy (non-hydrogen) atoms. The predicted molar refractivity (Wildman–Crippen MR) is 78.8 cm³/mol. The van der Waals surface area contributed by atoms with Gasteiger partial charge in [-0.05, 0) is 49.9 Å². The molecule has 1 heterocycles. The third-order valence-electron chi connectivity index (χ3n) is 5.18. The van der Waals surface area contributed by atoms with E-state index >= 15 is 0 Å². The maximum atomic E-state index is 12.5. The van der Waals surface area contributed by atoms with Crippen molar-refractivity contribution in [1.29, 1.82) is 5.26 Å². The molecule has 0 bridgehead atoms. The summed E-state index contributed by atoms with van der Waals surface area (Å²) in [6.07, 6.45) is 4.83. The monoisotopic (exact) mass is 284 g/mol. The van der Waals surface area contributed by atoms with Crippen LogP contribution in [0, 0.1) is 16.7 Å². The first kappa shape index (κ1) is 14.1. The van der Waals surface area contributed by atoms with E-state index in [1.165, 1.54) is 6.42 Å². The van der Waals surface area contributed by atoms with E-state index in [4.69, 9.17) is 10.00 Å². The number of methoxy groups -OCH3 is 1. The van der Waals surface area contributed by atoms with Crippen molar-refractivity contribution in [3.63, 3.8) is 0 Å². The van der Waals surface area contributed by atoms with Gasteiger partial charge in [0.1, 0.15) is 0 Å². The number of rotatable bonds is 2. The molecule has 2 fully saturated rings. The van der Waals surface area contributed by atoms with Crippen LogP contribution >= 0.6 is 0 Å². The van der Waals surface area contributed by atoms with Crippen LogP contribution in [0.4, 0.5) is 0 Å². The van der Waals surface area contributed by atoms with Gasteiger partial charge in [-0.2, -0.15) is 5.26 Å². The Labute approximate surface area is 125 Å². The summed E-state index contributed by atoms with van der Waals surface area (Å²) >= 11 is 0. The van der Waals surface area contributed by atoms with E-state index in [9.17, 15) is 4.79 Å². The minimum absolute atomic E-state index is 0.0719. The van der Waals surface area contributed by atoms with E-state index < -0.39 is 0 Å². The molecule has 1 unspecified atom stereocenters. The highest BCUT2D eigenvalue weighted by Crippen LogP contribution is 2.50. The Morgan fingerprint density at radius 1 is 1.29 bits per heavy atom. The van der Waals surface area contributed by atoms with Gasteiger partial charge in [-0.25, -0.2) is 0 Å². The lowest BCUT2D eigenvalue weighted by Crippen LogP contribution is -2.53. The second-order valence-corrected chi connectivity index (χ2v) is 6.11. The smallest absolute Gasteiger partial charge is 0.253 e. The Bertz CT molecular complexity index is 563. The van der Waals surface area contributed by atoms with Gasteiger partial charge < -0.3 is 9.64 Å². The van der Waals surface area contributed by atoms with Crippen LogP contribution in [0.25, 0.3) is 0 Å². The SMILES string of the molecule is COC1CCC12CCN(C(=O)c1ccc(C#N)cc1)CC2. The summed E-state index contributed by atoms with van der Waals surface area (Å²) in [5.41, 5.74) is 1.57. The van der Waals surface area contributed by atoms with E-state index in [1.807, 2.05) is 4.90 Å². The molecule has 1 spiro atoms. The van der Waals surface area contributed by atoms with Gasteiger partial charge in [-0.15, -0.1) is 0 Å². The molecule has 1 saturated heterocycles. The lowest BCUT2D eigenvalue weighted by Gasteiger charge is -2.53. The van der Waals surface area contributed by atoms with Crippen molar-refractivity contribution in [2.24, 2.45) is 5.41 Å². The molecule has 1 aliphatic carbocycles. The molecule has 1 aliphatic heterocycles. The Hall–Kier alpha value is -1.86. The fraction of sp³-hybridized carbons (Fsp3) is 0.529. The molecular weight excluding hydrogens is 264 g/mol. The number of ether oxygens (including phenoxy) is 1. The van der Waals surface area contributed by atoms with E-state index in [0.717, 1.165) is 32.4 Å². The van der Waals surface area contributed by atoms with Gasteiger partial charge in [-0.1, -0.05) is 0 Å². The van der Waals surface area contributed by atoms with Crippen LogP contribution in [-0.2, 0) is 4.74 Å². The number of carbonyl (C=O) groups excluding carboxylic acids is 1. The molecule has 2 aliphatic rings. The van der Waals surface area contributed by atoms with E-state index in [-0.39, 0.29) is 5.91 Å². The minimum atomic E-state index is 0.0719. The molecule has 3 rings (SSSR count). The molecule has 0 N–H and O–H groups in total. The largest absolute Gasteiger partial charge is 0.381 e. The summed E-state index contributed by atoms with van der Waals surface area (Å²) in [5.74, 6) is 0.0719. The summed E-state index contributed by atoms with van der Waals surface area (Å²) in [5, 5.41) is 8.80. The number of nitriles is 1. The van der Waals surface area contributed by atoms with Gasteiger partial charge in [0.05, 0.1) is 17.7 Å². The number of hydrogen-bond acceptors (Lipinski definition) is 3. The Morgan fingerprint density at radius 2 is 1.95 bits per heavy atom. The van der Waals surface area contributed by atoms with Crippen LogP contribution in [0.2, 0.25) is 0 Å². The molecule has 0 aromatic heterocycles. The quantitative estimate of drug-likeness (QED) is 0.838. The van der Waals surface area contributed by atoms with E-state index in [2.05, 4.69) is 6.07 Å². The highest BCUT2D eigenvalue weighted by molar-refractivity contribution is 5.94. The molecule has 110 valence electrons. The van der Waals surface area contributed by atoms with Gasteiger partial charge in [0.2, 0.25) is 0 Å². The normalized spacial score (nSPS) is 23.4. The Balaban J connectivity index is 1.64. The van der Waals surface area contributed by atoms with Crippen molar-refractivity contribution in [3.05, 3.63) is 35.4 Å². The molecule has 0 radical (unpaired) electrons. The van der Waals surface area contributed by atoms with Crippen molar-refractivity contribution < 1.29 is 9.53 Å². The first-order chi connectivity index (χ1) is 10.2. The highest BCUT2D eigenvalue weighted by Gasteiger charge is 2.48. The second-order valence-electron chi connectivity index (χ2n) is 6.11. The van der Waals surface area contributed by atoms with Gasteiger partial charge in [0.15, 0.2) is 0 Å². The van der Waals surface area contributed by atoms with Crippen molar-refractivity contribution in [1.82, 2.24) is 4.90 Å². The average Bonchev–Trinajstić information content (AvgIpc) is 2.54. The Kier molecular flexibility index (Phi) is 3.69. The number of likely N-dealkylation sites (tertiary alicyclic amines) is 1. The lowest BCUT2D eigenvalue weighted by atomic mass is 9.60. The zero-order valence-electron chi connectivity index (χ0n) is 12.3. The highest BCUT2D eigenvalue weighted by atomic mass is 16.5. The first-order valence-corrected chi connectivity index (χ1v) is 7.51. The van der Waals surface area contributed by atoms with E-state index in [1.54, 1.807) is 31.4 Å². The number of benzene rings is 1. The summed E-state index contributed by atoms with van der Waals surface area (Å²) in [6.45, 7) is 1.61. The van der Waals surface area contributed by atoms with Crippen LogP contribution in [0.15, 0.2) is 24.3 Å². The van der Waals surface area contributed by atoms with Gasteiger partial charge >= 0.3 is 0 Å². The average molecular weight is 284 g/mol. The maximum Gasteiger partial charge on any atom is 0.253 e. The number of amides is 1. The third kappa shape index (κ3) is 2.43. The zero-order valence-corrected chi connectivity index (χ0v) is 12.3. The first-order valence-electron chi connectivity index (χ1n) is 7.51. The fourth-order valence-corrected chi connectivity index (χ4v) is 3.64. The van der Waals surface area contributed by atoms with Crippen molar-refractivity contribution in [3.8, 4) is 6.07 Å². The second kappa shape index (κ2) is 5.50. The number of carbonyl (C=O) groups is 1. The van der Waals surface area contributed by atoms with Crippen LogP contribution in [0.1, 0.15) is 41.6 Å².